The number of aromatic amines is 1. The van der Waals surface area contributed by atoms with E-state index in [1.165, 1.54) is 7.11 Å². The normalized spacial score (nSPS) is 13.7. The zero-order chi connectivity index (χ0) is 15.7. The van der Waals surface area contributed by atoms with Gasteiger partial charge in [-0.05, 0) is 43.5 Å². The van der Waals surface area contributed by atoms with Gasteiger partial charge in [0.2, 0.25) is 0 Å². The molecule has 1 amide bonds. The molecule has 1 aromatic heterocycles. The summed E-state index contributed by atoms with van der Waals surface area (Å²) in [6, 6.07) is 6.82. The molecule has 0 bridgehead atoms. The number of H-pyrrole nitrogens is 1. The number of hydrogen-bond acceptors (Lipinski definition) is 4. The van der Waals surface area contributed by atoms with Crippen molar-refractivity contribution in [1.82, 2.24) is 10.2 Å². The molecule has 22 heavy (non-hydrogen) atoms. The lowest BCUT2D eigenvalue weighted by atomic mass is 10.1. The molecule has 2 N–H and O–H groups in total. The average Bonchev–Trinajstić information content (AvgIpc) is 3.25. The number of hydrogen-bond donors (Lipinski definition) is 2. The lowest BCUT2D eigenvalue weighted by molar-refractivity contribution is 0.0600. The number of amides is 1. The number of carbonyl (C=O) groups is 2. The quantitative estimate of drug-likeness (QED) is 0.850. The van der Waals surface area contributed by atoms with Gasteiger partial charge in [-0.15, -0.1) is 0 Å². The SMILES string of the molecule is COC(=O)c1ccc(C)c(NC(=O)c2cc(C3CC3)[nH]n2)c1. The second-order valence-electron chi connectivity index (χ2n) is 5.46. The molecule has 0 radical (unpaired) electrons. The van der Waals surface area contributed by atoms with Crippen LogP contribution in [0, 0.1) is 6.92 Å². The van der Waals surface area contributed by atoms with Crippen molar-refractivity contribution in [2.45, 2.75) is 25.7 Å². The Kier molecular flexibility index (Phi) is 3.66. The molecule has 1 heterocycles. The zero-order valence-corrected chi connectivity index (χ0v) is 12.5. The Bertz CT molecular complexity index is 732. The summed E-state index contributed by atoms with van der Waals surface area (Å²) in [5.74, 6) is -0.224. The number of carbonyl (C=O) groups excluding carboxylic acids is 2. The Hall–Kier alpha value is -2.63. The van der Waals surface area contributed by atoms with E-state index in [9.17, 15) is 9.59 Å². The molecule has 0 saturated heterocycles. The van der Waals surface area contributed by atoms with Gasteiger partial charge < -0.3 is 10.1 Å². The third kappa shape index (κ3) is 2.86. The number of esters is 1. The van der Waals surface area contributed by atoms with Crippen LogP contribution in [0.3, 0.4) is 0 Å². The number of aromatic nitrogens is 2. The molecule has 0 aliphatic heterocycles. The summed E-state index contributed by atoms with van der Waals surface area (Å²) >= 11 is 0. The average molecular weight is 299 g/mol. The fourth-order valence-electron chi connectivity index (χ4n) is 2.24. The number of anilines is 1. The summed E-state index contributed by atoms with van der Waals surface area (Å²) in [5, 5.41) is 9.74. The molecule has 0 unspecified atom stereocenters. The van der Waals surface area contributed by atoms with Crippen molar-refractivity contribution in [3.8, 4) is 0 Å². The van der Waals surface area contributed by atoms with Gasteiger partial charge >= 0.3 is 5.97 Å². The summed E-state index contributed by atoms with van der Waals surface area (Å²) in [6.45, 7) is 1.86. The van der Waals surface area contributed by atoms with Crippen LogP contribution >= 0.6 is 0 Å². The molecule has 2 aromatic rings. The topological polar surface area (TPSA) is 84.1 Å². The molecule has 0 spiro atoms. The minimum atomic E-state index is -0.439. The molecular formula is C16H17N3O3. The third-order valence-electron chi connectivity index (χ3n) is 3.75. The van der Waals surface area contributed by atoms with Crippen LogP contribution in [0.5, 0.6) is 0 Å². The monoisotopic (exact) mass is 299 g/mol. The van der Waals surface area contributed by atoms with Crippen molar-refractivity contribution in [2.75, 3.05) is 12.4 Å². The fraction of sp³-hybridized carbons (Fsp3) is 0.312. The first-order valence-electron chi connectivity index (χ1n) is 7.14. The van der Waals surface area contributed by atoms with Crippen LogP contribution in [0.1, 0.15) is 50.9 Å². The van der Waals surface area contributed by atoms with E-state index in [-0.39, 0.29) is 5.91 Å². The van der Waals surface area contributed by atoms with Crippen molar-refractivity contribution in [1.29, 1.82) is 0 Å². The van der Waals surface area contributed by atoms with E-state index in [2.05, 4.69) is 20.3 Å². The molecule has 1 fully saturated rings. The number of benzene rings is 1. The minimum absolute atomic E-state index is 0.298. The molecule has 1 saturated carbocycles. The van der Waals surface area contributed by atoms with Gasteiger partial charge in [-0.2, -0.15) is 5.10 Å². The molecular weight excluding hydrogens is 282 g/mol. The molecule has 1 aliphatic rings. The Morgan fingerprint density at radius 1 is 1.32 bits per heavy atom. The summed E-state index contributed by atoms with van der Waals surface area (Å²) in [4.78, 5) is 23.8. The maximum absolute atomic E-state index is 12.3. The number of methoxy groups -OCH3 is 1. The van der Waals surface area contributed by atoms with Crippen LogP contribution in [0.15, 0.2) is 24.3 Å². The van der Waals surface area contributed by atoms with Gasteiger partial charge in [-0.25, -0.2) is 4.79 Å². The van der Waals surface area contributed by atoms with Gasteiger partial charge in [0.25, 0.3) is 5.91 Å². The maximum atomic E-state index is 12.3. The molecule has 114 valence electrons. The highest BCUT2D eigenvalue weighted by Crippen LogP contribution is 2.39. The van der Waals surface area contributed by atoms with E-state index in [4.69, 9.17) is 0 Å². The molecule has 1 aromatic carbocycles. The fourth-order valence-corrected chi connectivity index (χ4v) is 2.24. The summed E-state index contributed by atoms with van der Waals surface area (Å²) in [7, 11) is 1.32. The predicted molar refractivity (Wildman–Crippen MR) is 81.0 cm³/mol. The largest absolute Gasteiger partial charge is 0.465 e. The Morgan fingerprint density at radius 2 is 2.09 bits per heavy atom. The number of rotatable bonds is 4. The number of nitrogens with one attached hydrogen (secondary N) is 2. The highest BCUT2D eigenvalue weighted by atomic mass is 16.5. The summed E-state index contributed by atoms with van der Waals surface area (Å²) in [5.41, 5.74) is 3.18. The van der Waals surface area contributed by atoms with Crippen molar-refractivity contribution in [3.05, 3.63) is 46.8 Å². The lowest BCUT2D eigenvalue weighted by Crippen LogP contribution is -2.14. The highest BCUT2D eigenvalue weighted by Gasteiger charge is 2.26. The van der Waals surface area contributed by atoms with E-state index in [1.807, 2.05) is 6.92 Å². The standard InChI is InChI=1S/C16H17N3O3/c1-9-3-4-11(16(21)22-2)7-12(9)17-15(20)14-8-13(18-19-14)10-5-6-10/h3-4,7-8,10H,5-6H2,1-2H3,(H,17,20)(H,18,19). The molecule has 6 nitrogen and oxygen atoms in total. The van der Waals surface area contributed by atoms with Gasteiger partial charge in [0, 0.05) is 17.3 Å². The smallest absolute Gasteiger partial charge is 0.337 e. The zero-order valence-electron chi connectivity index (χ0n) is 12.5. The van der Waals surface area contributed by atoms with Crippen LogP contribution < -0.4 is 5.32 Å². The predicted octanol–water partition coefficient (Wildman–Crippen LogP) is 2.63. The van der Waals surface area contributed by atoms with Crippen LogP contribution in [0.25, 0.3) is 0 Å². The van der Waals surface area contributed by atoms with Gasteiger partial charge in [0.05, 0.1) is 12.7 Å². The van der Waals surface area contributed by atoms with E-state index in [0.29, 0.717) is 22.9 Å². The Morgan fingerprint density at radius 3 is 2.77 bits per heavy atom. The minimum Gasteiger partial charge on any atom is -0.465 e. The van der Waals surface area contributed by atoms with Crippen molar-refractivity contribution in [3.63, 3.8) is 0 Å². The van der Waals surface area contributed by atoms with Gasteiger partial charge in [0.1, 0.15) is 0 Å². The lowest BCUT2D eigenvalue weighted by Gasteiger charge is -2.08. The molecule has 0 atom stereocenters. The molecule has 3 rings (SSSR count). The van der Waals surface area contributed by atoms with E-state index < -0.39 is 5.97 Å². The molecule has 6 heteroatoms. The number of ether oxygens (including phenoxy) is 1. The number of nitrogens with zero attached hydrogens (tertiary/aromatic N) is 1. The maximum Gasteiger partial charge on any atom is 0.337 e. The first-order valence-corrected chi connectivity index (χ1v) is 7.14. The number of aryl methyl sites for hydroxylation is 1. The first kappa shape index (κ1) is 14.3. The molecule has 1 aliphatic carbocycles. The van der Waals surface area contributed by atoms with Gasteiger partial charge in [-0.1, -0.05) is 6.07 Å². The highest BCUT2D eigenvalue weighted by molar-refractivity contribution is 6.04. The van der Waals surface area contributed by atoms with Crippen molar-refractivity contribution >= 4 is 17.6 Å². The summed E-state index contributed by atoms with van der Waals surface area (Å²) in [6.07, 6.45) is 2.28. The van der Waals surface area contributed by atoms with Crippen LogP contribution in [0.4, 0.5) is 5.69 Å². The van der Waals surface area contributed by atoms with Crippen LogP contribution in [0.2, 0.25) is 0 Å². The van der Waals surface area contributed by atoms with Crippen molar-refractivity contribution in [2.24, 2.45) is 0 Å². The third-order valence-corrected chi connectivity index (χ3v) is 3.75. The van der Waals surface area contributed by atoms with Crippen LogP contribution in [-0.2, 0) is 4.74 Å². The van der Waals surface area contributed by atoms with E-state index in [0.717, 1.165) is 24.1 Å². The van der Waals surface area contributed by atoms with Crippen LogP contribution in [-0.4, -0.2) is 29.2 Å². The Balaban J connectivity index is 1.78. The van der Waals surface area contributed by atoms with Crippen molar-refractivity contribution < 1.29 is 14.3 Å². The van der Waals surface area contributed by atoms with E-state index >= 15 is 0 Å². The summed E-state index contributed by atoms with van der Waals surface area (Å²) < 4.78 is 4.69. The van der Waals surface area contributed by atoms with E-state index in [1.54, 1.807) is 24.3 Å². The Labute approximate surface area is 127 Å². The van der Waals surface area contributed by atoms with Gasteiger partial charge in [-0.3, -0.25) is 9.89 Å². The van der Waals surface area contributed by atoms with Gasteiger partial charge in [0.15, 0.2) is 5.69 Å². The first-order chi connectivity index (χ1) is 10.6. The second-order valence-corrected chi connectivity index (χ2v) is 5.46. The second kappa shape index (κ2) is 5.63.